The summed E-state index contributed by atoms with van der Waals surface area (Å²) >= 11 is 6.31. The average Bonchev–Trinajstić information content (AvgIpc) is 3.82. The number of rotatable bonds is 8. The Labute approximate surface area is 241 Å². The van der Waals surface area contributed by atoms with E-state index in [1.165, 1.54) is 39.6 Å². The van der Waals surface area contributed by atoms with Crippen LogP contribution in [0.2, 0.25) is 5.02 Å². The number of aromatic nitrogens is 1. The van der Waals surface area contributed by atoms with Crippen LogP contribution < -0.4 is 10.1 Å². The number of fused-ring (bicyclic) bond motifs is 1. The monoisotopic (exact) mass is 562 g/mol. The number of halogens is 1. The normalized spacial score (nSPS) is 22.4. The zero-order valence-electron chi connectivity index (χ0n) is 23.5. The maximum absolute atomic E-state index is 13.4. The number of likely N-dealkylation sites (N-methyl/N-ethyl adjacent to an activating group) is 1. The first kappa shape index (κ1) is 27.3. The summed E-state index contributed by atoms with van der Waals surface area (Å²) in [5.41, 5.74) is 4.20. The van der Waals surface area contributed by atoms with E-state index in [4.69, 9.17) is 16.3 Å². The lowest BCUT2D eigenvalue weighted by Gasteiger charge is -2.37. The molecule has 1 saturated heterocycles. The van der Waals surface area contributed by atoms with Crippen molar-refractivity contribution in [2.75, 3.05) is 52.2 Å². The maximum Gasteiger partial charge on any atom is 0.176 e. The molecule has 0 radical (unpaired) electrons. The molecule has 2 aromatic carbocycles. The van der Waals surface area contributed by atoms with E-state index in [1.54, 1.807) is 18.3 Å². The fraction of sp³-hybridized carbons (Fsp3) is 0.500. The Bertz CT molecular complexity index is 1390. The van der Waals surface area contributed by atoms with Crippen LogP contribution in [0, 0.1) is 11.8 Å². The minimum Gasteiger partial charge on any atom is -0.503 e. The number of phenols is 1. The molecule has 0 spiro atoms. The van der Waals surface area contributed by atoms with E-state index in [2.05, 4.69) is 33.2 Å². The predicted octanol–water partition coefficient (Wildman–Crippen LogP) is 6.08. The summed E-state index contributed by atoms with van der Waals surface area (Å²) in [4.78, 5) is 23.1. The Morgan fingerprint density at radius 1 is 1.05 bits per heavy atom. The molecule has 0 bridgehead atoms. The average molecular weight is 563 g/mol. The summed E-state index contributed by atoms with van der Waals surface area (Å²) in [6, 6.07) is 9.91. The van der Waals surface area contributed by atoms with Crippen LogP contribution in [0.1, 0.15) is 48.9 Å². The maximum atomic E-state index is 13.4. The topological polar surface area (TPSA) is 77.9 Å². The molecule has 0 amide bonds. The van der Waals surface area contributed by atoms with Gasteiger partial charge >= 0.3 is 0 Å². The Kier molecular flexibility index (Phi) is 7.89. The first-order valence-electron chi connectivity index (χ1n) is 14.6. The van der Waals surface area contributed by atoms with Crippen molar-refractivity contribution in [1.29, 1.82) is 0 Å². The SMILES string of the molecule is COc1cc(-c2ccc3ncc(C(=O)C4CC4)c(N[C@H]4CC[C@H](CN5CCN(C)CC5)CC4)c3c2)cc(Cl)c1O. The molecular formula is C32H39ClN4O3. The van der Waals surface area contributed by atoms with Gasteiger partial charge in [-0.2, -0.15) is 0 Å². The predicted molar refractivity (Wildman–Crippen MR) is 161 cm³/mol. The second-order valence-corrected chi connectivity index (χ2v) is 12.3. The van der Waals surface area contributed by atoms with Gasteiger partial charge in [0.2, 0.25) is 0 Å². The highest BCUT2D eigenvalue weighted by Crippen LogP contribution is 2.41. The Balaban J connectivity index is 1.27. The van der Waals surface area contributed by atoms with Gasteiger partial charge in [0.25, 0.3) is 0 Å². The number of Topliss-reactive ketones (excluding diaryl/α,β-unsaturated/α-hetero) is 1. The molecule has 6 rings (SSSR count). The first-order valence-corrected chi connectivity index (χ1v) is 15.0. The van der Waals surface area contributed by atoms with Gasteiger partial charge in [-0.25, -0.2) is 0 Å². The molecule has 3 fully saturated rings. The summed E-state index contributed by atoms with van der Waals surface area (Å²) in [5.74, 6) is 1.30. The van der Waals surface area contributed by atoms with Crippen molar-refractivity contribution < 1.29 is 14.6 Å². The molecule has 1 aliphatic heterocycles. The van der Waals surface area contributed by atoms with Crippen molar-refractivity contribution >= 4 is 34.0 Å². The molecule has 3 aromatic rings. The zero-order chi connectivity index (χ0) is 27.8. The molecule has 7 nitrogen and oxygen atoms in total. The second kappa shape index (κ2) is 11.6. The van der Waals surface area contributed by atoms with Crippen LogP contribution in [0.15, 0.2) is 36.5 Å². The van der Waals surface area contributed by atoms with Crippen LogP contribution >= 0.6 is 11.6 Å². The number of hydrogen-bond acceptors (Lipinski definition) is 7. The molecule has 1 aromatic heterocycles. The number of ether oxygens (including phenoxy) is 1. The molecule has 0 unspecified atom stereocenters. The number of anilines is 1. The van der Waals surface area contributed by atoms with E-state index in [-0.39, 0.29) is 22.5 Å². The number of methoxy groups -OCH3 is 1. The highest BCUT2D eigenvalue weighted by Gasteiger charge is 2.33. The number of piperazine rings is 1. The molecule has 2 heterocycles. The fourth-order valence-electron chi connectivity index (χ4n) is 6.27. The van der Waals surface area contributed by atoms with E-state index in [9.17, 15) is 9.90 Å². The highest BCUT2D eigenvalue weighted by atomic mass is 35.5. The summed E-state index contributed by atoms with van der Waals surface area (Å²) in [5, 5.41) is 15.2. The largest absolute Gasteiger partial charge is 0.503 e. The van der Waals surface area contributed by atoms with Gasteiger partial charge in [0.05, 0.1) is 28.9 Å². The van der Waals surface area contributed by atoms with Crippen LogP contribution in [-0.4, -0.2) is 78.6 Å². The number of pyridine rings is 1. The van der Waals surface area contributed by atoms with Crippen molar-refractivity contribution in [2.45, 2.75) is 44.6 Å². The molecular weight excluding hydrogens is 524 g/mol. The summed E-state index contributed by atoms with van der Waals surface area (Å²) in [7, 11) is 3.72. The number of carbonyl (C=O) groups is 1. The number of carbonyl (C=O) groups excluding carboxylic acids is 1. The van der Waals surface area contributed by atoms with Gasteiger partial charge in [-0.1, -0.05) is 17.7 Å². The third kappa shape index (κ3) is 5.78. The van der Waals surface area contributed by atoms with Crippen LogP contribution in [-0.2, 0) is 0 Å². The third-order valence-corrected chi connectivity index (χ3v) is 9.26. The van der Waals surface area contributed by atoms with Crippen molar-refractivity contribution in [3.05, 3.63) is 47.1 Å². The third-order valence-electron chi connectivity index (χ3n) is 8.97. The lowest BCUT2D eigenvalue weighted by atomic mass is 9.85. The smallest absolute Gasteiger partial charge is 0.176 e. The van der Waals surface area contributed by atoms with Gasteiger partial charge in [-0.05, 0) is 86.9 Å². The van der Waals surface area contributed by atoms with Gasteiger partial charge in [0, 0.05) is 56.3 Å². The summed E-state index contributed by atoms with van der Waals surface area (Å²) in [6.45, 7) is 5.87. The number of ketones is 1. The van der Waals surface area contributed by atoms with Crippen LogP contribution in [0.5, 0.6) is 11.5 Å². The summed E-state index contributed by atoms with van der Waals surface area (Å²) in [6.07, 6.45) is 8.29. The molecule has 8 heteroatoms. The Morgan fingerprint density at radius 2 is 1.80 bits per heavy atom. The lowest BCUT2D eigenvalue weighted by Crippen LogP contribution is -2.46. The number of phenolic OH excluding ortho intramolecular Hbond substituents is 1. The molecule has 3 aliphatic rings. The molecule has 0 atom stereocenters. The van der Waals surface area contributed by atoms with Crippen molar-refractivity contribution in [2.24, 2.45) is 11.8 Å². The van der Waals surface area contributed by atoms with E-state index in [0.717, 1.165) is 72.4 Å². The number of nitrogens with one attached hydrogen (secondary N) is 1. The number of benzene rings is 2. The quantitative estimate of drug-likeness (QED) is 0.322. The fourth-order valence-corrected chi connectivity index (χ4v) is 6.48. The number of hydrogen-bond donors (Lipinski definition) is 2. The Morgan fingerprint density at radius 3 is 2.50 bits per heavy atom. The minimum atomic E-state index is -0.0710. The lowest BCUT2D eigenvalue weighted by molar-refractivity contribution is 0.0968. The molecule has 212 valence electrons. The molecule has 2 N–H and O–H groups in total. The standard InChI is InChI=1S/C32H39ClN4O3/c1-36-11-13-37(14-12-36)19-20-3-8-24(9-4-20)35-30-25-15-22(23-16-27(33)32(39)29(17-23)40-2)7-10-28(25)34-18-26(30)31(38)21-5-6-21/h7,10,15-18,20-21,24,39H,3-6,8-9,11-14,19H2,1-2H3,(H,34,35)/t20-,24-. The zero-order valence-corrected chi connectivity index (χ0v) is 24.2. The van der Waals surface area contributed by atoms with E-state index in [0.29, 0.717) is 17.4 Å². The van der Waals surface area contributed by atoms with E-state index < -0.39 is 0 Å². The molecule has 2 saturated carbocycles. The van der Waals surface area contributed by atoms with Crippen LogP contribution in [0.25, 0.3) is 22.0 Å². The number of nitrogens with zero attached hydrogens (tertiary/aromatic N) is 3. The van der Waals surface area contributed by atoms with E-state index in [1.807, 2.05) is 12.1 Å². The summed E-state index contributed by atoms with van der Waals surface area (Å²) < 4.78 is 5.34. The molecule has 40 heavy (non-hydrogen) atoms. The van der Waals surface area contributed by atoms with Gasteiger partial charge in [-0.15, -0.1) is 0 Å². The van der Waals surface area contributed by atoms with Gasteiger partial charge in [0.1, 0.15) is 0 Å². The van der Waals surface area contributed by atoms with Crippen molar-refractivity contribution in [3.8, 4) is 22.6 Å². The van der Waals surface area contributed by atoms with Gasteiger partial charge in [0.15, 0.2) is 17.3 Å². The van der Waals surface area contributed by atoms with Gasteiger partial charge < -0.3 is 25.0 Å². The minimum absolute atomic E-state index is 0.0710. The number of aromatic hydroxyl groups is 1. The van der Waals surface area contributed by atoms with Crippen molar-refractivity contribution in [1.82, 2.24) is 14.8 Å². The van der Waals surface area contributed by atoms with E-state index >= 15 is 0 Å². The molecule has 2 aliphatic carbocycles. The van der Waals surface area contributed by atoms with Crippen LogP contribution in [0.4, 0.5) is 5.69 Å². The highest BCUT2D eigenvalue weighted by molar-refractivity contribution is 6.32. The van der Waals surface area contributed by atoms with Crippen molar-refractivity contribution in [3.63, 3.8) is 0 Å². The Hall–Kier alpha value is -2.87. The first-order chi connectivity index (χ1) is 19.4. The second-order valence-electron chi connectivity index (χ2n) is 11.9. The van der Waals surface area contributed by atoms with Crippen LogP contribution in [0.3, 0.4) is 0 Å². The van der Waals surface area contributed by atoms with Gasteiger partial charge in [-0.3, -0.25) is 9.78 Å².